The number of benzene rings is 1. The van der Waals surface area contributed by atoms with Crippen molar-refractivity contribution >= 4 is 22.4 Å². The number of hydrogen-bond donors (Lipinski definition) is 2. The van der Waals surface area contributed by atoms with Crippen LogP contribution in [0.15, 0.2) is 29.2 Å². The monoisotopic (exact) mass is 346 g/mol. The summed E-state index contributed by atoms with van der Waals surface area (Å²) in [7, 11) is -3.43. The van der Waals surface area contributed by atoms with Crippen LogP contribution in [0.2, 0.25) is 0 Å². The maximum absolute atomic E-state index is 12.5. The van der Waals surface area contributed by atoms with Crippen LogP contribution in [-0.2, 0) is 10.0 Å². The Hall–Kier alpha value is -0.620. The summed E-state index contributed by atoms with van der Waals surface area (Å²) in [6.07, 6.45) is 2.05. The third kappa shape index (κ3) is 4.69. The van der Waals surface area contributed by atoms with Crippen LogP contribution < -0.4 is 10.0 Å². The summed E-state index contributed by atoms with van der Waals surface area (Å²) in [5.74, 6) is 0.817. The van der Waals surface area contributed by atoms with Gasteiger partial charge in [0.2, 0.25) is 10.0 Å². The molecule has 0 bridgehead atoms. The molecular formula is C16H27ClN2O2S. The summed E-state index contributed by atoms with van der Waals surface area (Å²) < 4.78 is 27.7. The van der Waals surface area contributed by atoms with Crippen molar-refractivity contribution in [3.63, 3.8) is 0 Å². The average Bonchev–Trinajstić information content (AvgIpc) is 2.49. The maximum atomic E-state index is 12.5. The molecule has 126 valence electrons. The molecule has 1 fully saturated rings. The summed E-state index contributed by atoms with van der Waals surface area (Å²) >= 11 is 0. The van der Waals surface area contributed by atoms with Crippen molar-refractivity contribution in [1.82, 2.24) is 10.0 Å². The van der Waals surface area contributed by atoms with Crippen LogP contribution in [0.4, 0.5) is 0 Å². The first-order valence-electron chi connectivity index (χ1n) is 7.77. The Morgan fingerprint density at radius 3 is 2.50 bits per heavy atom. The Morgan fingerprint density at radius 2 is 1.95 bits per heavy atom. The topological polar surface area (TPSA) is 58.2 Å². The molecule has 3 atom stereocenters. The van der Waals surface area contributed by atoms with Gasteiger partial charge in [-0.1, -0.05) is 32.9 Å². The van der Waals surface area contributed by atoms with Crippen LogP contribution in [0.5, 0.6) is 0 Å². The SMILES string of the molecule is CCC(C)c1ccc(S(=O)(=O)NC2CNCCC2C)cc1.Cl. The van der Waals surface area contributed by atoms with E-state index in [0.29, 0.717) is 23.3 Å². The highest BCUT2D eigenvalue weighted by molar-refractivity contribution is 7.89. The molecule has 2 N–H and O–H groups in total. The van der Waals surface area contributed by atoms with E-state index in [0.717, 1.165) is 19.4 Å². The highest BCUT2D eigenvalue weighted by atomic mass is 35.5. The molecule has 1 heterocycles. The number of hydrogen-bond acceptors (Lipinski definition) is 3. The molecule has 1 aromatic rings. The van der Waals surface area contributed by atoms with E-state index in [2.05, 4.69) is 30.8 Å². The molecular weight excluding hydrogens is 320 g/mol. The third-order valence-electron chi connectivity index (χ3n) is 4.51. The lowest BCUT2D eigenvalue weighted by molar-refractivity contribution is 0.327. The average molecular weight is 347 g/mol. The van der Waals surface area contributed by atoms with Gasteiger partial charge in [0.25, 0.3) is 0 Å². The molecule has 1 aromatic carbocycles. The molecule has 2 rings (SSSR count). The van der Waals surface area contributed by atoms with Crippen LogP contribution in [0.1, 0.15) is 45.1 Å². The fourth-order valence-electron chi connectivity index (χ4n) is 2.63. The fourth-order valence-corrected chi connectivity index (χ4v) is 3.97. The number of halogens is 1. The highest BCUT2D eigenvalue weighted by Crippen LogP contribution is 2.21. The van der Waals surface area contributed by atoms with Crippen molar-refractivity contribution in [3.8, 4) is 0 Å². The Balaban J connectivity index is 0.00000242. The lowest BCUT2D eigenvalue weighted by atomic mass is 9.96. The van der Waals surface area contributed by atoms with Crippen molar-refractivity contribution in [1.29, 1.82) is 0 Å². The van der Waals surface area contributed by atoms with Crippen LogP contribution >= 0.6 is 12.4 Å². The van der Waals surface area contributed by atoms with Crippen LogP contribution in [0.25, 0.3) is 0 Å². The summed E-state index contributed by atoms with van der Waals surface area (Å²) in [5, 5.41) is 3.24. The quantitative estimate of drug-likeness (QED) is 0.861. The highest BCUT2D eigenvalue weighted by Gasteiger charge is 2.26. The van der Waals surface area contributed by atoms with Crippen LogP contribution in [-0.4, -0.2) is 27.5 Å². The van der Waals surface area contributed by atoms with Crippen molar-refractivity contribution in [2.24, 2.45) is 5.92 Å². The van der Waals surface area contributed by atoms with Gasteiger partial charge in [0.15, 0.2) is 0 Å². The van der Waals surface area contributed by atoms with Gasteiger partial charge in [0.1, 0.15) is 0 Å². The van der Waals surface area contributed by atoms with E-state index in [9.17, 15) is 8.42 Å². The summed E-state index contributed by atoms with van der Waals surface area (Å²) in [4.78, 5) is 0.354. The van der Waals surface area contributed by atoms with Crippen LogP contribution in [0, 0.1) is 5.92 Å². The van der Waals surface area contributed by atoms with Gasteiger partial charge in [0, 0.05) is 12.6 Å². The molecule has 0 spiro atoms. The van der Waals surface area contributed by atoms with Gasteiger partial charge in [-0.25, -0.2) is 13.1 Å². The molecule has 1 aliphatic rings. The molecule has 6 heteroatoms. The fraction of sp³-hybridized carbons (Fsp3) is 0.625. The molecule has 0 amide bonds. The second-order valence-electron chi connectivity index (χ2n) is 6.08. The van der Waals surface area contributed by atoms with E-state index in [4.69, 9.17) is 0 Å². The minimum Gasteiger partial charge on any atom is -0.315 e. The second kappa shape index (κ2) is 8.29. The van der Waals surface area contributed by atoms with Gasteiger partial charge in [-0.2, -0.15) is 0 Å². The predicted molar refractivity (Wildman–Crippen MR) is 93.2 cm³/mol. The molecule has 3 unspecified atom stereocenters. The Labute approximate surface area is 140 Å². The Kier molecular flexibility index (Phi) is 7.32. The minimum atomic E-state index is -3.43. The normalized spacial score (nSPS) is 23.6. The van der Waals surface area contributed by atoms with Crippen molar-refractivity contribution in [2.75, 3.05) is 13.1 Å². The molecule has 4 nitrogen and oxygen atoms in total. The van der Waals surface area contributed by atoms with Gasteiger partial charge in [0.05, 0.1) is 4.90 Å². The zero-order chi connectivity index (χ0) is 15.5. The van der Waals surface area contributed by atoms with Gasteiger partial charge >= 0.3 is 0 Å². The second-order valence-corrected chi connectivity index (χ2v) is 7.79. The molecule has 0 radical (unpaired) electrons. The molecule has 1 aliphatic heterocycles. The van der Waals surface area contributed by atoms with Gasteiger partial charge < -0.3 is 5.32 Å². The smallest absolute Gasteiger partial charge is 0.240 e. The van der Waals surface area contributed by atoms with E-state index in [1.807, 2.05) is 12.1 Å². The third-order valence-corrected chi connectivity index (χ3v) is 6.01. The van der Waals surface area contributed by atoms with Crippen molar-refractivity contribution in [3.05, 3.63) is 29.8 Å². The number of piperidine rings is 1. The predicted octanol–water partition coefficient (Wildman–Crippen LogP) is 2.90. The maximum Gasteiger partial charge on any atom is 0.240 e. The lowest BCUT2D eigenvalue weighted by Gasteiger charge is -2.30. The van der Waals surface area contributed by atoms with Crippen molar-refractivity contribution < 1.29 is 8.42 Å². The first-order chi connectivity index (χ1) is 9.94. The van der Waals surface area contributed by atoms with E-state index in [-0.39, 0.29) is 18.4 Å². The first kappa shape index (κ1) is 19.4. The zero-order valence-electron chi connectivity index (χ0n) is 13.5. The van der Waals surface area contributed by atoms with E-state index < -0.39 is 10.0 Å². The van der Waals surface area contributed by atoms with Gasteiger partial charge in [-0.3, -0.25) is 0 Å². The molecule has 0 aliphatic carbocycles. The van der Waals surface area contributed by atoms with Gasteiger partial charge in [-0.15, -0.1) is 12.4 Å². The largest absolute Gasteiger partial charge is 0.315 e. The van der Waals surface area contributed by atoms with Crippen molar-refractivity contribution in [2.45, 2.75) is 50.5 Å². The lowest BCUT2D eigenvalue weighted by Crippen LogP contribution is -2.50. The number of rotatable bonds is 5. The summed E-state index contributed by atoms with van der Waals surface area (Å²) in [6, 6.07) is 7.24. The van der Waals surface area contributed by atoms with Crippen LogP contribution in [0.3, 0.4) is 0 Å². The van der Waals surface area contributed by atoms with E-state index in [1.165, 1.54) is 5.56 Å². The number of sulfonamides is 1. The summed E-state index contributed by atoms with van der Waals surface area (Å²) in [5.41, 5.74) is 1.18. The number of nitrogens with one attached hydrogen (secondary N) is 2. The Bertz CT molecular complexity index is 560. The van der Waals surface area contributed by atoms with E-state index in [1.54, 1.807) is 12.1 Å². The minimum absolute atomic E-state index is 0. The summed E-state index contributed by atoms with van der Waals surface area (Å²) in [6.45, 7) is 8.04. The zero-order valence-corrected chi connectivity index (χ0v) is 15.1. The van der Waals surface area contributed by atoms with E-state index >= 15 is 0 Å². The standard InChI is InChI=1S/C16H26N2O2S.ClH/c1-4-12(2)14-5-7-15(8-6-14)21(19,20)18-16-11-17-10-9-13(16)3;/h5-8,12-13,16-18H,4,9-11H2,1-3H3;1H. The molecule has 0 aromatic heterocycles. The first-order valence-corrected chi connectivity index (χ1v) is 9.25. The Morgan fingerprint density at radius 1 is 1.32 bits per heavy atom. The molecule has 22 heavy (non-hydrogen) atoms. The molecule has 1 saturated heterocycles. The molecule has 0 saturated carbocycles. The van der Waals surface area contributed by atoms with Gasteiger partial charge in [-0.05, 0) is 48.9 Å².